The van der Waals surface area contributed by atoms with E-state index in [4.69, 9.17) is 4.74 Å². The van der Waals surface area contributed by atoms with Crippen molar-refractivity contribution >= 4 is 15.8 Å². The highest BCUT2D eigenvalue weighted by Gasteiger charge is 2.15. The SMILES string of the molecule is CC(C)Oc1ccc(S(=O)(=O)Nc2ccc(-c3cncnc3)cn2)cc1. The first-order valence-corrected chi connectivity index (χ1v) is 9.43. The van der Waals surface area contributed by atoms with E-state index in [2.05, 4.69) is 19.7 Å². The van der Waals surface area contributed by atoms with Crippen molar-refractivity contribution in [2.45, 2.75) is 24.8 Å². The molecule has 3 aromatic rings. The van der Waals surface area contributed by atoms with Crippen molar-refractivity contribution in [2.75, 3.05) is 4.72 Å². The van der Waals surface area contributed by atoms with Crippen LogP contribution in [-0.4, -0.2) is 29.5 Å². The van der Waals surface area contributed by atoms with Crippen molar-refractivity contribution in [3.05, 3.63) is 61.3 Å². The number of sulfonamides is 1. The zero-order chi connectivity index (χ0) is 18.6. The Kier molecular flexibility index (Phi) is 5.13. The van der Waals surface area contributed by atoms with Crippen LogP contribution in [0.5, 0.6) is 5.75 Å². The Bertz CT molecular complexity index is 958. The number of nitrogens with one attached hydrogen (secondary N) is 1. The third-order valence-corrected chi connectivity index (χ3v) is 4.77. The molecule has 0 bridgehead atoms. The number of hydrogen-bond donors (Lipinski definition) is 1. The Balaban J connectivity index is 1.75. The lowest BCUT2D eigenvalue weighted by Gasteiger charge is -2.11. The second-order valence-electron chi connectivity index (χ2n) is 5.80. The van der Waals surface area contributed by atoms with Gasteiger partial charge in [-0.25, -0.2) is 23.4 Å². The molecule has 0 saturated heterocycles. The maximum absolute atomic E-state index is 12.5. The minimum Gasteiger partial charge on any atom is -0.491 e. The first-order valence-electron chi connectivity index (χ1n) is 7.95. The smallest absolute Gasteiger partial charge is 0.263 e. The largest absolute Gasteiger partial charge is 0.491 e. The van der Waals surface area contributed by atoms with Crippen molar-refractivity contribution in [1.29, 1.82) is 0 Å². The Labute approximate surface area is 152 Å². The summed E-state index contributed by atoms with van der Waals surface area (Å²) in [5.41, 5.74) is 1.60. The van der Waals surface area contributed by atoms with E-state index in [0.29, 0.717) is 5.75 Å². The van der Waals surface area contributed by atoms with Crippen molar-refractivity contribution in [3.8, 4) is 16.9 Å². The van der Waals surface area contributed by atoms with Crippen LogP contribution in [0, 0.1) is 0 Å². The van der Waals surface area contributed by atoms with Crippen molar-refractivity contribution < 1.29 is 13.2 Å². The molecule has 0 unspecified atom stereocenters. The molecule has 3 rings (SSSR count). The van der Waals surface area contributed by atoms with Crippen LogP contribution in [0.15, 0.2) is 66.2 Å². The molecule has 8 heteroatoms. The third-order valence-electron chi connectivity index (χ3n) is 3.40. The summed E-state index contributed by atoms with van der Waals surface area (Å²) in [6, 6.07) is 9.59. The summed E-state index contributed by atoms with van der Waals surface area (Å²) >= 11 is 0. The lowest BCUT2D eigenvalue weighted by Crippen LogP contribution is -2.14. The fourth-order valence-electron chi connectivity index (χ4n) is 2.24. The highest BCUT2D eigenvalue weighted by Crippen LogP contribution is 2.21. The van der Waals surface area contributed by atoms with Gasteiger partial charge >= 0.3 is 0 Å². The molecular formula is C18H18N4O3S. The van der Waals surface area contributed by atoms with E-state index < -0.39 is 10.0 Å². The zero-order valence-corrected chi connectivity index (χ0v) is 15.1. The number of anilines is 1. The maximum Gasteiger partial charge on any atom is 0.263 e. The van der Waals surface area contributed by atoms with Gasteiger partial charge < -0.3 is 4.74 Å². The van der Waals surface area contributed by atoms with Crippen LogP contribution in [0.25, 0.3) is 11.1 Å². The molecule has 0 saturated carbocycles. The first kappa shape index (κ1) is 17.8. The van der Waals surface area contributed by atoms with Crippen molar-refractivity contribution in [3.63, 3.8) is 0 Å². The molecule has 0 aliphatic carbocycles. The van der Waals surface area contributed by atoms with Crippen LogP contribution in [-0.2, 0) is 10.0 Å². The molecule has 134 valence electrons. The zero-order valence-electron chi connectivity index (χ0n) is 14.3. The maximum atomic E-state index is 12.5. The van der Waals surface area contributed by atoms with E-state index >= 15 is 0 Å². The Morgan fingerprint density at radius 3 is 2.19 bits per heavy atom. The number of ether oxygens (including phenoxy) is 1. The molecule has 0 atom stereocenters. The molecule has 26 heavy (non-hydrogen) atoms. The van der Waals surface area contributed by atoms with Crippen LogP contribution in [0.3, 0.4) is 0 Å². The molecule has 2 aromatic heterocycles. The van der Waals surface area contributed by atoms with Crippen LogP contribution < -0.4 is 9.46 Å². The summed E-state index contributed by atoms with van der Waals surface area (Å²) < 4.78 is 32.9. The van der Waals surface area contributed by atoms with E-state index in [-0.39, 0.29) is 16.8 Å². The van der Waals surface area contributed by atoms with E-state index in [1.54, 1.807) is 42.9 Å². The van der Waals surface area contributed by atoms with Crippen LogP contribution in [0.1, 0.15) is 13.8 Å². The second-order valence-corrected chi connectivity index (χ2v) is 7.49. The monoisotopic (exact) mass is 370 g/mol. The van der Waals surface area contributed by atoms with E-state index in [0.717, 1.165) is 11.1 Å². The second kappa shape index (κ2) is 7.49. The third kappa shape index (κ3) is 4.34. The predicted molar refractivity (Wildman–Crippen MR) is 98.3 cm³/mol. The summed E-state index contributed by atoms with van der Waals surface area (Å²) in [7, 11) is -3.73. The topological polar surface area (TPSA) is 94.1 Å². The standard InChI is InChI=1S/C18H18N4O3S/c1-13(2)25-16-4-6-17(7-5-16)26(23,24)22-18-8-3-14(11-21-18)15-9-19-12-20-10-15/h3-13H,1-2H3,(H,21,22). The highest BCUT2D eigenvalue weighted by molar-refractivity contribution is 7.92. The average molecular weight is 370 g/mol. The summed E-state index contributed by atoms with van der Waals surface area (Å²) in [4.78, 5) is 12.2. The lowest BCUT2D eigenvalue weighted by atomic mass is 10.1. The van der Waals surface area contributed by atoms with E-state index in [9.17, 15) is 8.42 Å². The lowest BCUT2D eigenvalue weighted by molar-refractivity contribution is 0.242. The van der Waals surface area contributed by atoms with Gasteiger partial charge in [-0.05, 0) is 50.2 Å². The minimum absolute atomic E-state index is 0.0216. The van der Waals surface area contributed by atoms with Crippen LogP contribution >= 0.6 is 0 Å². The number of aromatic nitrogens is 3. The van der Waals surface area contributed by atoms with Crippen molar-refractivity contribution in [2.24, 2.45) is 0 Å². The summed E-state index contributed by atoms with van der Waals surface area (Å²) in [5, 5.41) is 0. The van der Waals surface area contributed by atoms with E-state index in [1.165, 1.54) is 18.5 Å². The molecule has 2 heterocycles. The number of benzene rings is 1. The van der Waals surface area contributed by atoms with Gasteiger partial charge in [0.1, 0.15) is 17.9 Å². The fraction of sp³-hybridized carbons (Fsp3) is 0.167. The molecule has 0 aliphatic heterocycles. The van der Waals surface area contributed by atoms with Gasteiger partial charge in [0.05, 0.1) is 11.0 Å². The molecule has 0 radical (unpaired) electrons. The van der Waals surface area contributed by atoms with Gasteiger partial charge in [-0.15, -0.1) is 0 Å². The number of rotatable bonds is 6. The fourth-order valence-corrected chi connectivity index (χ4v) is 3.25. The van der Waals surface area contributed by atoms with Gasteiger partial charge in [-0.1, -0.05) is 0 Å². The normalized spacial score (nSPS) is 11.3. The minimum atomic E-state index is -3.73. The Morgan fingerprint density at radius 1 is 0.923 bits per heavy atom. The molecular weight excluding hydrogens is 352 g/mol. The number of pyridine rings is 1. The Morgan fingerprint density at radius 2 is 1.62 bits per heavy atom. The quantitative estimate of drug-likeness (QED) is 0.716. The summed E-state index contributed by atoms with van der Waals surface area (Å²) in [5.74, 6) is 0.847. The van der Waals surface area contributed by atoms with Gasteiger partial charge in [0.2, 0.25) is 0 Å². The van der Waals surface area contributed by atoms with Gasteiger partial charge in [0, 0.05) is 29.7 Å². The van der Waals surface area contributed by atoms with Crippen LogP contribution in [0.4, 0.5) is 5.82 Å². The van der Waals surface area contributed by atoms with Gasteiger partial charge in [-0.2, -0.15) is 0 Å². The highest BCUT2D eigenvalue weighted by atomic mass is 32.2. The van der Waals surface area contributed by atoms with Gasteiger partial charge in [0.25, 0.3) is 10.0 Å². The van der Waals surface area contributed by atoms with Gasteiger partial charge in [0.15, 0.2) is 0 Å². The Hall–Kier alpha value is -3.00. The summed E-state index contributed by atoms with van der Waals surface area (Å²) in [6.45, 7) is 3.81. The number of hydrogen-bond acceptors (Lipinski definition) is 6. The molecule has 7 nitrogen and oxygen atoms in total. The molecule has 1 N–H and O–H groups in total. The first-order chi connectivity index (χ1) is 12.4. The van der Waals surface area contributed by atoms with Crippen LogP contribution in [0.2, 0.25) is 0 Å². The predicted octanol–water partition coefficient (Wildman–Crippen LogP) is 3.13. The molecule has 0 fully saturated rings. The molecule has 0 spiro atoms. The van der Waals surface area contributed by atoms with E-state index in [1.807, 2.05) is 13.8 Å². The molecule has 1 aromatic carbocycles. The van der Waals surface area contributed by atoms with Crippen molar-refractivity contribution in [1.82, 2.24) is 15.0 Å². The number of nitrogens with zero attached hydrogens (tertiary/aromatic N) is 3. The average Bonchev–Trinajstić information content (AvgIpc) is 2.63. The summed E-state index contributed by atoms with van der Waals surface area (Å²) in [6.07, 6.45) is 6.35. The molecule has 0 amide bonds. The molecule has 0 aliphatic rings. The van der Waals surface area contributed by atoms with Gasteiger partial charge in [-0.3, -0.25) is 4.72 Å².